The molecule has 6 nitrogen and oxygen atoms in total. The topological polar surface area (TPSA) is 110 Å². The smallest absolute Gasteiger partial charge is 0.320 e. The Hall–Kier alpha value is -1.52. The van der Waals surface area contributed by atoms with E-state index in [0.717, 1.165) is 6.08 Å². The van der Waals surface area contributed by atoms with E-state index in [0.29, 0.717) is 0 Å². The molecule has 6 heteroatoms. The van der Waals surface area contributed by atoms with Gasteiger partial charge in [-0.2, -0.15) is 0 Å². The van der Waals surface area contributed by atoms with Crippen molar-refractivity contribution in [3.63, 3.8) is 0 Å². The molecule has 0 aromatic carbocycles. The number of aliphatic imine (C=N–C) groups is 1. The number of amides is 1. The zero-order valence-corrected chi connectivity index (χ0v) is 6.19. The van der Waals surface area contributed by atoms with Gasteiger partial charge in [0.25, 0.3) is 5.91 Å². The summed E-state index contributed by atoms with van der Waals surface area (Å²) in [6.07, 6.45) is 0.879. The van der Waals surface area contributed by atoms with Gasteiger partial charge in [-0.25, -0.2) is 4.79 Å². The van der Waals surface area contributed by atoms with Crippen LogP contribution in [0.3, 0.4) is 0 Å². The molecule has 0 radical (unpaired) electrons. The minimum Gasteiger partial charge on any atom is -0.480 e. The first-order valence-corrected chi connectivity index (χ1v) is 3.17. The largest absolute Gasteiger partial charge is 0.480 e. The van der Waals surface area contributed by atoms with E-state index in [2.05, 4.69) is 4.99 Å². The van der Waals surface area contributed by atoms with Crippen LogP contribution < -0.4 is 5.73 Å². The lowest BCUT2D eigenvalue weighted by Crippen LogP contribution is -2.30. The molecular formula is C6H8N2O4. The summed E-state index contributed by atoms with van der Waals surface area (Å²) in [5.41, 5.74) is 5.07. The fourth-order valence-electron chi connectivity index (χ4n) is 0.509. The molecular weight excluding hydrogens is 164 g/mol. The maximum absolute atomic E-state index is 10.5. The second-order valence-corrected chi connectivity index (χ2v) is 2.08. The Morgan fingerprint density at radius 3 is 2.58 bits per heavy atom. The minimum absolute atomic E-state index is 0.0284. The summed E-state index contributed by atoms with van der Waals surface area (Å²) in [7, 11) is 0. The summed E-state index contributed by atoms with van der Waals surface area (Å²) in [5.74, 6) is -1.89. The predicted molar refractivity (Wildman–Crippen MR) is 38.0 cm³/mol. The predicted octanol–water partition coefficient (Wildman–Crippen LogP) is -0.959. The Morgan fingerprint density at radius 2 is 2.17 bits per heavy atom. The van der Waals surface area contributed by atoms with E-state index >= 15 is 0 Å². The third-order valence-electron chi connectivity index (χ3n) is 1.16. The first-order chi connectivity index (χ1) is 5.57. The normalized spacial score (nSPS) is 11.4. The number of rotatable bonds is 4. The van der Waals surface area contributed by atoms with Crippen LogP contribution in [0.15, 0.2) is 4.99 Å². The molecule has 0 unspecified atom stereocenters. The van der Waals surface area contributed by atoms with Gasteiger partial charge in [-0.05, 0) is 6.42 Å². The monoisotopic (exact) mass is 172 g/mol. The molecule has 0 aromatic rings. The minimum atomic E-state index is -1.18. The molecule has 12 heavy (non-hydrogen) atoms. The fourth-order valence-corrected chi connectivity index (χ4v) is 0.509. The van der Waals surface area contributed by atoms with Crippen molar-refractivity contribution in [2.24, 2.45) is 10.7 Å². The quantitative estimate of drug-likeness (QED) is 0.419. The number of carboxylic acid groups (broad SMARTS) is 1. The van der Waals surface area contributed by atoms with Crippen molar-refractivity contribution in [2.45, 2.75) is 18.9 Å². The maximum atomic E-state index is 10.5. The molecule has 0 rings (SSSR count). The van der Waals surface area contributed by atoms with Crippen LogP contribution in [0.5, 0.6) is 0 Å². The summed E-state index contributed by atoms with van der Waals surface area (Å²) in [6.45, 7) is 0. The number of nitrogens with zero attached hydrogens (tertiary/aromatic N) is 1. The SMILES string of the molecule is N[C@@H](CCC(=O)N=C=O)C(=O)O. The zero-order chi connectivity index (χ0) is 9.56. The van der Waals surface area contributed by atoms with Gasteiger partial charge in [0, 0.05) is 6.42 Å². The number of carbonyl (C=O) groups excluding carboxylic acids is 2. The second kappa shape index (κ2) is 5.17. The summed E-state index contributed by atoms with van der Waals surface area (Å²) in [4.78, 5) is 32.9. The van der Waals surface area contributed by atoms with Crippen molar-refractivity contribution < 1.29 is 19.5 Å². The molecule has 0 heterocycles. The number of hydrogen-bond acceptors (Lipinski definition) is 4. The molecule has 0 aromatic heterocycles. The summed E-state index contributed by atoms with van der Waals surface area (Å²) < 4.78 is 0. The van der Waals surface area contributed by atoms with Crippen LogP contribution in [-0.2, 0) is 14.4 Å². The molecule has 0 bridgehead atoms. The Kier molecular flexibility index (Phi) is 4.52. The van der Waals surface area contributed by atoms with Crippen LogP contribution >= 0.6 is 0 Å². The highest BCUT2D eigenvalue weighted by Crippen LogP contribution is 1.95. The van der Waals surface area contributed by atoms with Crippen LogP contribution in [-0.4, -0.2) is 29.1 Å². The number of hydrogen-bond donors (Lipinski definition) is 2. The van der Waals surface area contributed by atoms with E-state index in [9.17, 15) is 14.4 Å². The molecule has 0 aliphatic heterocycles. The molecule has 0 spiro atoms. The van der Waals surface area contributed by atoms with Crippen LogP contribution in [0.1, 0.15) is 12.8 Å². The van der Waals surface area contributed by atoms with Gasteiger partial charge in [0.2, 0.25) is 6.08 Å². The van der Waals surface area contributed by atoms with Gasteiger partial charge in [-0.15, -0.1) is 4.99 Å². The van der Waals surface area contributed by atoms with Crippen molar-refractivity contribution in [2.75, 3.05) is 0 Å². The van der Waals surface area contributed by atoms with Gasteiger partial charge in [0.15, 0.2) is 0 Å². The first-order valence-electron chi connectivity index (χ1n) is 3.17. The standard InChI is InChI=1S/C6H8N2O4/c7-4(6(11)12)1-2-5(10)8-3-9/h4H,1-2,7H2,(H,11,12)/t4-/m0/s1. The lowest BCUT2D eigenvalue weighted by molar-refractivity contribution is -0.138. The van der Waals surface area contributed by atoms with E-state index in [4.69, 9.17) is 10.8 Å². The van der Waals surface area contributed by atoms with E-state index in [1.54, 1.807) is 0 Å². The lowest BCUT2D eigenvalue weighted by atomic mass is 10.2. The Bertz CT molecular complexity index is 232. The van der Waals surface area contributed by atoms with Gasteiger partial charge in [0.05, 0.1) is 0 Å². The van der Waals surface area contributed by atoms with E-state index in [1.165, 1.54) is 0 Å². The third-order valence-corrected chi connectivity index (χ3v) is 1.16. The first kappa shape index (κ1) is 10.5. The van der Waals surface area contributed by atoms with Crippen LogP contribution in [0.4, 0.5) is 0 Å². The molecule has 0 saturated carbocycles. The Morgan fingerprint density at radius 1 is 1.58 bits per heavy atom. The van der Waals surface area contributed by atoms with Gasteiger partial charge in [-0.3, -0.25) is 9.59 Å². The molecule has 0 fully saturated rings. The highest BCUT2D eigenvalue weighted by Gasteiger charge is 2.12. The molecule has 1 amide bonds. The molecule has 0 aliphatic carbocycles. The fraction of sp³-hybridized carbons (Fsp3) is 0.500. The lowest BCUT2D eigenvalue weighted by Gasteiger charge is -2.01. The average molecular weight is 172 g/mol. The van der Waals surface area contributed by atoms with Gasteiger partial charge in [-0.1, -0.05) is 0 Å². The second-order valence-electron chi connectivity index (χ2n) is 2.08. The Balaban J connectivity index is 3.75. The van der Waals surface area contributed by atoms with Gasteiger partial charge < -0.3 is 10.8 Å². The van der Waals surface area contributed by atoms with E-state index in [1.807, 2.05) is 0 Å². The van der Waals surface area contributed by atoms with Crippen molar-refractivity contribution in [3.05, 3.63) is 0 Å². The molecule has 66 valence electrons. The van der Waals surface area contributed by atoms with Crippen LogP contribution in [0.2, 0.25) is 0 Å². The van der Waals surface area contributed by atoms with E-state index in [-0.39, 0.29) is 12.8 Å². The third kappa shape index (κ3) is 4.32. The Labute approximate surface area is 68.1 Å². The van der Waals surface area contributed by atoms with Crippen molar-refractivity contribution >= 4 is 18.0 Å². The zero-order valence-electron chi connectivity index (χ0n) is 6.19. The molecule has 1 atom stereocenters. The molecule has 0 saturated heterocycles. The maximum Gasteiger partial charge on any atom is 0.320 e. The van der Waals surface area contributed by atoms with Crippen LogP contribution in [0, 0.1) is 0 Å². The van der Waals surface area contributed by atoms with Crippen molar-refractivity contribution in [3.8, 4) is 0 Å². The van der Waals surface area contributed by atoms with Crippen LogP contribution in [0.25, 0.3) is 0 Å². The number of nitrogens with two attached hydrogens (primary N) is 1. The molecule has 0 aliphatic rings. The highest BCUT2D eigenvalue weighted by molar-refractivity contribution is 5.82. The summed E-state index contributed by atoms with van der Waals surface area (Å²) in [6, 6.07) is -1.09. The van der Waals surface area contributed by atoms with Gasteiger partial charge in [0.1, 0.15) is 6.04 Å². The van der Waals surface area contributed by atoms with E-state index < -0.39 is 17.9 Å². The molecule has 3 N–H and O–H groups in total. The number of isocyanates is 1. The number of aliphatic carboxylic acids is 1. The highest BCUT2D eigenvalue weighted by atomic mass is 16.4. The average Bonchev–Trinajstić information content (AvgIpc) is 2.00. The number of carboxylic acids is 1. The van der Waals surface area contributed by atoms with Crippen molar-refractivity contribution in [1.82, 2.24) is 0 Å². The summed E-state index contributed by atoms with van der Waals surface area (Å²) in [5, 5.41) is 8.28. The number of carbonyl (C=O) groups is 2. The van der Waals surface area contributed by atoms with Gasteiger partial charge >= 0.3 is 5.97 Å². The summed E-state index contributed by atoms with van der Waals surface area (Å²) >= 11 is 0. The van der Waals surface area contributed by atoms with Crippen molar-refractivity contribution in [1.29, 1.82) is 0 Å².